The zero-order valence-electron chi connectivity index (χ0n) is 12.8. The third-order valence-electron chi connectivity index (χ3n) is 4.24. The molecule has 1 aromatic carbocycles. The quantitative estimate of drug-likeness (QED) is 0.890. The largest absolute Gasteiger partial charge is 0.387 e. The first-order chi connectivity index (χ1) is 9.55. The molecule has 1 heterocycles. The van der Waals surface area contributed by atoms with Crippen LogP contribution in [0.5, 0.6) is 0 Å². The van der Waals surface area contributed by atoms with Gasteiger partial charge in [0.1, 0.15) is 0 Å². The summed E-state index contributed by atoms with van der Waals surface area (Å²) in [6.07, 6.45) is -0.290. The number of nitrogens with zero attached hydrogens (tertiary/aromatic N) is 1. The van der Waals surface area contributed by atoms with Gasteiger partial charge in [-0.2, -0.15) is 0 Å². The monoisotopic (exact) mass is 279 g/mol. The molecule has 3 unspecified atom stereocenters. The molecule has 4 nitrogen and oxygen atoms in total. The van der Waals surface area contributed by atoms with Crippen molar-refractivity contribution < 1.29 is 14.6 Å². The van der Waals surface area contributed by atoms with E-state index in [1.165, 1.54) is 11.1 Å². The molecule has 3 atom stereocenters. The van der Waals surface area contributed by atoms with Crippen molar-refractivity contribution in [3.63, 3.8) is 0 Å². The minimum absolute atomic E-state index is 0.0898. The van der Waals surface area contributed by atoms with Crippen molar-refractivity contribution in [1.29, 1.82) is 0 Å². The number of ether oxygens (including phenoxy) is 2. The molecule has 0 aliphatic carbocycles. The summed E-state index contributed by atoms with van der Waals surface area (Å²) in [5.74, 6) is 0. The Bertz CT molecular complexity index is 437. The number of likely N-dealkylation sites (tertiary alicyclic amines) is 1. The average molecular weight is 279 g/mol. The maximum atomic E-state index is 10.4. The van der Waals surface area contributed by atoms with E-state index in [1.807, 2.05) is 6.07 Å². The summed E-state index contributed by atoms with van der Waals surface area (Å²) in [6.45, 7) is 6.37. The first-order valence-corrected chi connectivity index (χ1v) is 7.08. The van der Waals surface area contributed by atoms with Crippen LogP contribution in [0.2, 0.25) is 0 Å². The minimum Gasteiger partial charge on any atom is -0.387 e. The second-order valence-corrected chi connectivity index (χ2v) is 5.63. The number of aliphatic hydroxyl groups excluding tert-OH is 1. The van der Waals surface area contributed by atoms with Crippen LogP contribution in [0.3, 0.4) is 0 Å². The number of hydrogen-bond donors (Lipinski definition) is 1. The number of aryl methyl sites for hydroxylation is 2. The zero-order valence-corrected chi connectivity index (χ0v) is 12.8. The Labute approximate surface area is 121 Å². The molecule has 1 saturated heterocycles. The second kappa shape index (κ2) is 6.68. The molecule has 2 rings (SSSR count). The fourth-order valence-electron chi connectivity index (χ4n) is 2.74. The Morgan fingerprint density at radius 3 is 2.25 bits per heavy atom. The average Bonchev–Trinajstić information content (AvgIpc) is 2.83. The Kier molecular flexibility index (Phi) is 5.16. The molecule has 0 saturated carbocycles. The van der Waals surface area contributed by atoms with E-state index < -0.39 is 6.10 Å². The summed E-state index contributed by atoms with van der Waals surface area (Å²) >= 11 is 0. The van der Waals surface area contributed by atoms with Gasteiger partial charge in [-0.25, -0.2) is 0 Å². The topological polar surface area (TPSA) is 41.9 Å². The van der Waals surface area contributed by atoms with Gasteiger partial charge in [-0.05, 0) is 30.5 Å². The third-order valence-corrected chi connectivity index (χ3v) is 4.24. The highest BCUT2D eigenvalue weighted by Crippen LogP contribution is 2.22. The smallest absolute Gasteiger partial charge is 0.0971 e. The fourth-order valence-corrected chi connectivity index (χ4v) is 2.74. The maximum absolute atomic E-state index is 10.4. The van der Waals surface area contributed by atoms with Crippen LogP contribution in [0.15, 0.2) is 18.2 Å². The Balaban J connectivity index is 1.98. The fraction of sp³-hybridized carbons (Fsp3) is 0.625. The highest BCUT2D eigenvalue weighted by molar-refractivity contribution is 5.31. The van der Waals surface area contributed by atoms with Crippen LogP contribution in [0.1, 0.15) is 22.8 Å². The number of methoxy groups -OCH3 is 2. The van der Waals surface area contributed by atoms with Crippen molar-refractivity contribution in [3.8, 4) is 0 Å². The number of aliphatic hydroxyl groups is 1. The van der Waals surface area contributed by atoms with Crippen molar-refractivity contribution in [2.75, 3.05) is 33.9 Å². The van der Waals surface area contributed by atoms with Crippen LogP contribution in [0, 0.1) is 13.8 Å². The van der Waals surface area contributed by atoms with Gasteiger partial charge < -0.3 is 14.6 Å². The van der Waals surface area contributed by atoms with Crippen molar-refractivity contribution in [2.24, 2.45) is 0 Å². The molecule has 1 aromatic rings. The number of benzene rings is 1. The van der Waals surface area contributed by atoms with E-state index in [4.69, 9.17) is 9.47 Å². The van der Waals surface area contributed by atoms with E-state index in [9.17, 15) is 5.11 Å². The molecule has 0 aromatic heterocycles. The predicted molar refractivity (Wildman–Crippen MR) is 78.9 cm³/mol. The Morgan fingerprint density at radius 2 is 1.75 bits per heavy atom. The summed E-state index contributed by atoms with van der Waals surface area (Å²) in [7, 11) is 3.42. The minimum atomic E-state index is -0.470. The zero-order chi connectivity index (χ0) is 14.7. The first-order valence-electron chi connectivity index (χ1n) is 7.08. The van der Waals surface area contributed by atoms with Gasteiger partial charge in [-0.15, -0.1) is 0 Å². The lowest BCUT2D eigenvalue weighted by molar-refractivity contribution is -0.00461. The van der Waals surface area contributed by atoms with Crippen LogP contribution in [-0.4, -0.2) is 56.1 Å². The molecule has 1 aliphatic heterocycles. The molecule has 1 aliphatic rings. The summed E-state index contributed by atoms with van der Waals surface area (Å²) in [5, 5.41) is 10.4. The van der Waals surface area contributed by atoms with Crippen molar-refractivity contribution in [3.05, 3.63) is 34.9 Å². The van der Waals surface area contributed by atoms with E-state index in [1.54, 1.807) is 14.2 Å². The Hall–Kier alpha value is -0.940. The van der Waals surface area contributed by atoms with Gasteiger partial charge in [-0.3, -0.25) is 4.90 Å². The number of β-amino-alcohol motifs (C(OH)–C–C–N with tert-alkyl or cyclic N) is 1. The summed E-state index contributed by atoms with van der Waals surface area (Å²) in [4.78, 5) is 2.20. The molecule has 1 fully saturated rings. The molecule has 20 heavy (non-hydrogen) atoms. The van der Waals surface area contributed by atoms with Gasteiger partial charge in [0.15, 0.2) is 0 Å². The van der Waals surface area contributed by atoms with Crippen molar-refractivity contribution in [2.45, 2.75) is 32.2 Å². The standard InChI is InChI=1S/C16H25NO3/c1-11-5-6-13(7-12(11)2)14(18)8-17-9-15(19-3)16(10-17)20-4/h5-7,14-16,18H,8-10H2,1-4H3. The lowest BCUT2D eigenvalue weighted by atomic mass is 10.0. The number of hydrogen-bond acceptors (Lipinski definition) is 4. The Morgan fingerprint density at radius 1 is 1.15 bits per heavy atom. The van der Waals surface area contributed by atoms with E-state index in [2.05, 4.69) is 30.9 Å². The first kappa shape index (κ1) is 15.4. The number of rotatable bonds is 5. The highest BCUT2D eigenvalue weighted by atomic mass is 16.5. The van der Waals surface area contributed by atoms with Crippen LogP contribution >= 0.6 is 0 Å². The molecule has 4 heteroatoms. The van der Waals surface area contributed by atoms with Gasteiger partial charge in [-0.1, -0.05) is 18.2 Å². The van der Waals surface area contributed by atoms with E-state index in [0.29, 0.717) is 6.54 Å². The molecule has 1 N–H and O–H groups in total. The molecule has 0 bridgehead atoms. The van der Waals surface area contributed by atoms with Crippen LogP contribution in [-0.2, 0) is 9.47 Å². The van der Waals surface area contributed by atoms with E-state index in [-0.39, 0.29) is 12.2 Å². The van der Waals surface area contributed by atoms with Crippen LogP contribution in [0.25, 0.3) is 0 Å². The normalized spacial score (nSPS) is 25.1. The summed E-state index contributed by atoms with van der Waals surface area (Å²) in [5.41, 5.74) is 3.44. The van der Waals surface area contributed by atoms with E-state index >= 15 is 0 Å². The van der Waals surface area contributed by atoms with Crippen molar-refractivity contribution >= 4 is 0 Å². The third kappa shape index (κ3) is 3.38. The van der Waals surface area contributed by atoms with Crippen LogP contribution < -0.4 is 0 Å². The second-order valence-electron chi connectivity index (χ2n) is 5.63. The highest BCUT2D eigenvalue weighted by Gasteiger charge is 2.33. The molecule has 0 radical (unpaired) electrons. The van der Waals surface area contributed by atoms with Crippen LogP contribution in [0.4, 0.5) is 0 Å². The lowest BCUT2D eigenvalue weighted by Crippen LogP contribution is -2.28. The summed E-state index contributed by atoms with van der Waals surface area (Å²) in [6, 6.07) is 6.14. The molecular weight excluding hydrogens is 254 g/mol. The van der Waals surface area contributed by atoms with Gasteiger partial charge >= 0.3 is 0 Å². The van der Waals surface area contributed by atoms with Gasteiger partial charge in [0.25, 0.3) is 0 Å². The van der Waals surface area contributed by atoms with Gasteiger partial charge in [0.2, 0.25) is 0 Å². The van der Waals surface area contributed by atoms with Gasteiger partial charge in [0, 0.05) is 33.9 Å². The summed E-state index contributed by atoms with van der Waals surface area (Å²) < 4.78 is 10.8. The lowest BCUT2D eigenvalue weighted by Gasteiger charge is -2.20. The van der Waals surface area contributed by atoms with Crippen molar-refractivity contribution in [1.82, 2.24) is 4.90 Å². The predicted octanol–water partition coefficient (Wildman–Crippen LogP) is 1.68. The SMILES string of the molecule is COC1CN(CC(O)c2ccc(C)c(C)c2)CC1OC. The molecule has 112 valence electrons. The van der Waals surface area contributed by atoms with E-state index in [0.717, 1.165) is 18.7 Å². The molecular formula is C16H25NO3. The molecule has 0 spiro atoms. The molecule has 0 amide bonds. The van der Waals surface area contributed by atoms with Gasteiger partial charge in [0.05, 0.1) is 18.3 Å². The maximum Gasteiger partial charge on any atom is 0.0971 e.